The van der Waals surface area contributed by atoms with Gasteiger partial charge in [-0.3, -0.25) is 0 Å². The van der Waals surface area contributed by atoms with Gasteiger partial charge in [0, 0.05) is 18.2 Å². The number of nitrogens with two attached hydrogens (primary N) is 1. The summed E-state index contributed by atoms with van der Waals surface area (Å²) in [5, 5.41) is 4.02. The summed E-state index contributed by atoms with van der Waals surface area (Å²) in [5.74, 6) is 1.63. The lowest BCUT2D eigenvalue weighted by Crippen LogP contribution is -2.00. The number of rotatable bonds is 3. The summed E-state index contributed by atoms with van der Waals surface area (Å²) >= 11 is 0. The first-order valence-electron chi connectivity index (χ1n) is 6.06. The van der Waals surface area contributed by atoms with E-state index in [2.05, 4.69) is 10.1 Å². The summed E-state index contributed by atoms with van der Waals surface area (Å²) in [5.41, 5.74) is 7.65. The smallest absolute Gasteiger partial charge is 0.231 e. The minimum absolute atomic E-state index is 0.274. The van der Waals surface area contributed by atoms with Crippen molar-refractivity contribution < 1.29 is 9.26 Å². The maximum atomic E-state index is 5.89. The monoisotopic (exact) mass is 245 g/mol. The van der Waals surface area contributed by atoms with Gasteiger partial charge in [-0.2, -0.15) is 4.98 Å². The Morgan fingerprint density at radius 1 is 1.33 bits per heavy atom. The molecule has 2 aromatic rings. The lowest BCUT2D eigenvalue weighted by atomic mass is 10.1. The van der Waals surface area contributed by atoms with E-state index in [1.807, 2.05) is 24.3 Å². The molecule has 18 heavy (non-hydrogen) atoms. The van der Waals surface area contributed by atoms with Gasteiger partial charge < -0.3 is 15.0 Å². The maximum absolute atomic E-state index is 5.89. The second kappa shape index (κ2) is 4.78. The van der Waals surface area contributed by atoms with Gasteiger partial charge in [0.1, 0.15) is 0 Å². The molecule has 5 nitrogen and oxygen atoms in total. The molecule has 1 atom stereocenters. The maximum Gasteiger partial charge on any atom is 0.231 e. The van der Waals surface area contributed by atoms with Crippen LogP contribution in [0.1, 0.15) is 29.6 Å². The fourth-order valence-electron chi connectivity index (χ4n) is 2.10. The van der Waals surface area contributed by atoms with Crippen molar-refractivity contribution in [1.29, 1.82) is 0 Å². The summed E-state index contributed by atoms with van der Waals surface area (Å²) in [7, 11) is 0. The van der Waals surface area contributed by atoms with E-state index in [-0.39, 0.29) is 5.92 Å². The van der Waals surface area contributed by atoms with E-state index in [9.17, 15) is 0 Å². The van der Waals surface area contributed by atoms with Gasteiger partial charge in [-0.1, -0.05) is 23.4 Å². The quantitative estimate of drug-likeness (QED) is 0.834. The number of ether oxygens (including phenoxy) is 1. The van der Waals surface area contributed by atoms with E-state index in [0.29, 0.717) is 18.9 Å². The highest BCUT2D eigenvalue weighted by Crippen LogP contribution is 2.23. The first-order chi connectivity index (χ1) is 8.83. The summed E-state index contributed by atoms with van der Waals surface area (Å²) in [6.07, 6.45) is 1.54. The summed E-state index contributed by atoms with van der Waals surface area (Å²) in [6.45, 7) is 1.46. The first-order valence-corrected chi connectivity index (χ1v) is 6.06. The number of benzene rings is 1. The molecule has 1 aliphatic heterocycles. The molecule has 1 saturated heterocycles. The molecule has 0 saturated carbocycles. The van der Waals surface area contributed by atoms with Crippen molar-refractivity contribution in [3.05, 3.63) is 41.5 Å². The molecular weight excluding hydrogens is 230 g/mol. The fourth-order valence-corrected chi connectivity index (χ4v) is 2.10. The molecule has 1 fully saturated rings. The van der Waals surface area contributed by atoms with Crippen LogP contribution in [0.3, 0.4) is 0 Å². The molecule has 0 amide bonds. The van der Waals surface area contributed by atoms with Crippen molar-refractivity contribution in [3.8, 4) is 0 Å². The Balaban J connectivity index is 1.75. The molecule has 3 rings (SSSR count). The highest BCUT2D eigenvalue weighted by Gasteiger charge is 2.23. The standard InChI is InChI=1S/C13H15N3O2/c14-11-4-2-1-3-9(11)7-12-15-13(16-18-12)10-5-6-17-8-10/h1-4,10H,5-8,14H2. The van der Waals surface area contributed by atoms with Crippen molar-refractivity contribution in [3.63, 3.8) is 0 Å². The average Bonchev–Trinajstić information content (AvgIpc) is 3.02. The number of anilines is 1. The van der Waals surface area contributed by atoms with Crippen LogP contribution in [0, 0.1) is 0 Å². The largest absolute Gasteiger partial charge is 0.398 e. The number of hydrogen-bond acceptors (Lipinski definition) is 5. The van der Waals surface area contributed by atoms with Crippen LogP contribution in [0.15, 0.2) is 28.8 Å². The van der Waals surface area contributed by atoms with Crippen LogP contribution in [-0.4, -0.2) is 23.4 Å². The van der Waals surface area contributed by atoms with Crippen molar-refractivity contribution in [2.75, 3.05) is 18.9 Å². The minimum atomic E-state index is 0.274. The van der Waals surface area contributed by atoms with Crippen molar-refractivity contribution in [2.24, 2.45) is 0 Å². The third-order valence-corrected chi connectivity index (χ3v) is 3.18. The molecule has 94 valence electrons. The van der Waals surface area contributed by atoms with Gasteiger partial charge in [0.25, 0.3) is 0 Å². The van der Waals surface area contributed by atoms with Gasteiger partial charge in [0.2, 0.25) is 5.89 Å². The predicted molar refractivity (Wildman–Crippen MR) is 66.1 cm³/mol. The number of para-hydroxylation sites is 1. The molecule has 1 aliphatic rings. The molecule has 0 aliphatic carbocycles. The molecule has 2 N–H and O–H groups in total. The number of nitrogen functional groups attached to an aromatic ring is 1. The average molecular weight is 245 g/mol. The van der Waals surface area contributed by atoms with Crippen LogP contribution >= 0.6 is 0 Å². The van der Waals surface area contributed by atoms with E-state index in [1.165, 1.54) is 0 Å². The Kier molecular flexibility index (Phi) is 2.98. The summed E-state index contributed by atoms with van der Waals surface area (Å²) in [6, 6.07) is 7.71. The van der Waals surface area contributed by atoms with Gasteiger partial charge >= 0.3 is 0 Å². The molecule has 0 radical (unpaired) electrons. The first kappa shape index (κ1) is 11.2. The van der Waals surface area contributed by atoms with Crippen LogP contribution in [0.4, 0.5) is 5.69 Å². The molecule has 1 aromatic carbocycles. The molecule has 1 aromatic heterocycles. The van der Waals surface area contributed by atoms with E-state index in [1.54, 1.807) is 0 Å². The van der Waals surface area contributed by atoms with E-state index in [0.717, 1.165) is 30.1 Å². The van der Waals surface area contributed by atoms with Crippen LogP contribution in [-0.2, 0) is 11.2 Å². The Morgan fingerprint density at radius 3 is 3.00 bits per heavy atom. The van der Waals surface area contributed by atoms with E-state index >= 15 is 0 Å². The van der Waals surface area contributed by atoms with Gasteiger partial charge in [-0.05, 0) is 18.1 Å². The molecule has 0 spiro atoms. The van der Waals surface area contributed by atoms with E-state index in [4.69, 9.17) is 15.0 Å². The van der Waals surface area contributed by atoms with Gasteiger partial charge in [-0.25, -0.2) is 0 Å². The zero-order valence-corrected chi connectivity index (χ0v) is 10.0. The third-order valence-electron chi connectivity index (χ3n) is 3.18. The molecule has 5 heteroatoms. The Morgan fingerprint density at radius 2 is 2.22 bits per heavy atom. The normalized spacial score (nSPS) is 19.2. The fraction of sp³-hybridized carbons (Fsp3) is 0.385. The Labute approximate surface area is 105 Å². The van der Waals surface area contributed by atoms with Crippen molar-refractivity contribution in [2.45, 2.75) is 18.8 Å². The van der Waals surface area contributed by atoms with Crippen molar-refractivity contribution in [1.82, 2.24) is 10.1 Å². The number of aromatic nitrogens is 2. The highest BCUT2D eigenvalue weighted by molar-refractivity contribution is 5.47. The molecular formula is C13H15N3O2. The topological polar surface area (TPSA) is 74.2 Å². The lowest BCUT2D eigenvalue weighted by Gasteiger charge is -2.01. The summed E-state index contributed by atoms with van der Waals surface area (Å²) < 4.78 is 10.6. The SMILES string of the molecule is Nc1ccccc1Cc1nc(C2CCOC2)no1. The van der Waals surface area contributed by atoms with Crippen LogP contribution < -0.4 is 5.73 Å². The van der Waals surface area contributed by atoms with Gasteiger partial charge in [0.05, 0.1) is 13.0 Å². The van der Waals surface area contributed by atoms with Gasteiger partial charge in [0.15, 0.2) is 5.82 Å². The lowest BCUT2D eigenvalue weighted by molar-refractivity contribution is 0.192. The Hall–Kier alpha value is -1.88. The second-order valence-electron chi connectivity index (χ2n) is 4.48. The Bertz CT molecular complexity index is 533. The van der Waals surface area contributed by atoms with E-state index < -0.39 is 0 Å². The third kappa shape index (κ3) is 2.22. The molecule has 2 heterocycles. The van der Waals surface area contributed by atoms with Crippen molar-refractivity contribution >= 4 is 5.69 Å². The van der Waals surface area contributed by atoms with Gasteiger partial charge in [-0.15, -0.1) is 0 Å². The van der Waals surface area contributed by atoms with Crippen LogP contribution in [0.2, 0.25) is 0 Å². The highest BCUT2D eigenvalue weighted by atomic mass is 16.5. The summed E-state index contributed by atoms with van der Waals surface area (Å²) in [4.78, 5) is 4.42. The van der Waals surface area contributed by atoms with Crippen LogP contribution in [0.5, 0.6) is 0 Å². The zero-order chi connectivity index (χ0) is 12.4. The number of nitrogens with zero attached hydrogens (tertiary/aromatic N) is 2. The second-order valence-corrected chi connectivity index (χ2v) is 4.48. The molecule has 1 unspecified atom stereocenters. The number of hydrogen-bond donors (Lipinski definition) is 1. The minimum Gasteiger partial charge on any atom is -0.398 e. The molecule has 0 bridgehead atoms. The van der Waals surface area contributed by atoms with Crippen LogP contribution in [0.25, 0.3) is 0 Å². The zero-order valence-electron chi connectivity index (χ0n) is 10.0. The predicted octanol–water partition coefficient (Wildman–Crippen LogP) is 1.75.